The van der Waals surface area contributed by atoms with Gasteiger partial charge in [-0.3, -0.25) is 19.2 Å². The molecule has 0 saturated carbocycles. The summed E-state index contributed by atoms with van der Waals surface area (Å²) in [6.07, 6.45) is 2.34. The first-order valence-corrected chi connectivity index (χ1v) is 12.4. The van der Waals surface area contributed by atoms with Gasteiger partial charge in [0.1, 0.15) is 11.8 Å². The fourth-order valence-corrected chi connectivity index (χ4v) is 4.48. The molecule has 0 unspecified atom stereocenters. The summed E-state index contributed by atoms with van der Waals surface area (Å²) in [6.45, 7) is 8.88. The maximum absolute atomic E-state index is 12.8. The van der Waals surface area contributed by atoms with E-state index in [1.807, 2.05) is 20.8 Å². The first-order chi connectivity index (χ1) is 16.3. The lowest BCUT2D eigenvalue weighted by molar-refractivity contribution is -0.138. The smallest absolute Gasteiger partial charge is 0.410 e. The first kappa shape index (κ1) is 28.4. The van der Waals surface area contributed by atoms with Crippen LogP contribution in [0.4, 0.5) is 4.79 Å². The van der Waals surface area contributed by atoms with Gasteiger partial charge in [-0.1, -0.05) is 0 Å². The van der Waals surface area contributed by atoms with E-state index in [1.165, 1.54) is 6.92 Å². The summed E-state index contributed by atoms with van der Waals surface area (Å²) in [5.74, 6) is -2.03. The second-order valence-corrected chi connectivity index (χ2v) is 10.5. The van der Waals surface area contributed by atoms with Gasteiger partial charge in [0.25, 0.3) is 0 Å². The van der Waals surface area contributed by atoms with Crippen LogP contribution in [0.25, 0.3) is 0 Å². The number of hydrogen-bond donors (Lipinski definition) is 3. The highest BCUT2D eigenvalue weighted by Crippen LogP contribution is 2.25. The molecule has 2 aliphatic rings. The number of ether oxygens (including phenoxy) is 1. The molecule has 2 atom stereocenters. The van der Waals surface area contributed by atoms with Crippen molar-refractivity contribution >= 4 is 29.8 Å². The Morgan fingerprint density at radius 3 is 2.23 bits per heavy atom. The highest BCUT2D eigenvalue weighted by Gasteiger charge is 2.31. The van der Waals surface area contributed by atoms with Crippen molar-refractivity contribution in [1.82, 2.24) is 20.4 Å². The van der Waals surface area contributed by atoms with E-state index in [0.717, 1.165) is 19.3 Å². The molecule has 0 bridgehead atoms. The highest BCUT2D eigenvalue weighted by molar-refractivity contribution is 5.83. The van der Waals surface area contributed by atoms with Crippen LogP contribution in [0.15, 0.2) is 0 Å². The van der Waals surface area contributed by atoms with Crippen molar-refractivity contribution in [3.63, 3.8) is 0 Å². The van der Waals surface area contributed by atoms with E-state index in [9.17, 15) is 24.0 Å². The molecule has 2 fully saturated rings. The molecule has 35 heavy (non-hydrogen) atoms. The number of amides is 4. The molecule has 0 spiro atoms. The zero-order valence-electron chi connectivity index (χ0n) is 21.3. The lowest BCUT2D eigenvalue weighted by Crippen LogP contribution is -2.53. The molecule has 0 radical (unpaired) electrons. The quantitative estimate of drug-likeness (QED) is 0.434. The number of hydrogen-bond acceptors (Lipinski definition) is 6. The van der Waals surface area contributed by atoms with Gasteiger partial charge in [0.2, 0.25) is 17.7 Å². The lowest BCUT2D eigenvalue weighted by Gasteiger charge is -2.35. The normalized spacial score (nSPS) is 20.1. The van der Waals surface area contributed by atoms with Crippen LogP contribution < -0.4 is 10.6 Å². The van der Waals surface area contributed by atoms with E-state index >= 15 is 0 Å². The van der Waals surface area contributed by atoms with Gasteiger partial charge >= 0.3 is 12.1 Å². The third-order valence-corrected chi connectivity index (χ3v) is 6.25. The lowest BCUT2D eigenvalue weighted by atomic mass is 9.91. The topological polar surface area (TPSA) is 145 Å². The molecule has 2 heterocycles. The number of carbonyl (C=O) groups is 5. The maximum Gasteiger partial charge on any atom is 0.410 e. The molecule has 11 nitrogen and oxygen atoms in total. The molecule has 0 aromatic heterocycles. The molecule has 2 rings (SSSR count). The number of carboxylic acids is 1. The summed E-state index contributed by atoms with van der Waals surface area (Å²) in [5, 5.41) is 14.0. The van der Waals surface area contributed by atoms with E-state index in [0.29, 0.717) is 44.8 Å². The van der Waals surface area contributed by atoms with Crippen molar-refractivity contribution in [2.75, 3.05) is 26.2 Å². The number of aliphatic carboxylic acids is 1. The predicted molar refractivity (Wildman–Crippen MR) is 127 cm³/mol. The second kappa shape index (κ2) is 12.7. The number of rotatable bonds is 8. The molecule has 0 aromatic rings. The van der Waals surface area contributed by atoms with Crippen LogP contribution in [0.5, 0.6) is 0 Å². The summed E-state index contributed by atoms with van der Waals surface area (Å²) < 4.78 is 5.42. The highest BCUT2D eigenvalue weighted by atomic mass is 16.6. The van der Waals surface area contributed by atoms with Gasteiger partial charge in [-0.2, -0.15) is 0 Å². The monoisotopic (exact) mass is 496 g/mol. The van der Waals surface area contributed by atoms with Crippen molar-refractivity contribution in [2.45, 2.75) is 84.4 Å². The molecule has 3 N–H and O–H groups in total. The average molecular weight is 497 g/mol. The Balaban J connectivity index is 1.77. The van der Waals surface area contributed by atoms with Gasteiger partial charge in [-0.15, -0.1) is 0 Å². The van der Waals surface area contributed by atoms with Gasteiger partial charge in [-0.25, -0.2) is 4.79 Å². The first-order valence-electron chi connectivity index (χ1n) is 12.4. The van der Waals surface area contributed by atoms with Crippen LogP contribution in [0.1, 0.15) is 72.6 Å². The van der Waals surface area contributed by atoms with Gasteiger partial charge in [0.05, 0.1) is 12.3 Å². The van der Waals surface area contributed by atoms with E-state index < -0.39 is 36.0 Å². The van der Waals surface area contributed by atoms with Crippen molar-refractivity contribution in [3.8, 4) is 0 Å². The third-order valence-electron chi connectivity index (χ3n) is 6.25. The van der Waals surface area contributed by atoms with Gasteiger partial charge in [-0.05, 0) is 58.8 Å². The number of carbonyl (C=O) groups excluding carboxylic acids is 4. The van der Waals surface area contributed by atoms with E-state index in [-0.39, 0.29) is 24.5 Å². The molecule has 198 valence electrons. The number of nitrogens with one attached hydrogen (secondary N) is 2. The molecule has 2 aliphatic heterocycles. The third kappa shape index (κ3) is 10.1. The van der Waals surface area contributed by atoms with Gasteiger partial charge in [0.15, 0.2) is 0 Å². The summed E-state index contributed by atoms with van der Waals surface area (Å²) in [6, 6.07) is 0. The van der Waals surface area contributed by atoms with Crippen molar-refractivity contribution in [3.05, 3.63) is 0 Å². The van der Waals surface area contributed by atoms with Crippen LogP contribution >= 0.6 is 0 Å². The van der Waals surface area contributed by atoms with E-state index in [4.69, 9.17) is 9.84 Å². The van der Waals surface area contributed by atoms with E-state index in [1.54, 1.807) is 9.80 Å². The fraction of sp³-hybridized carbons (Fsp3) is 0.792. The SMILES string of the molecule is CC(=O)N[C@H](CC(=O)O)NC(=O)[C@H]1CCCN(C(=O)CCC2CCN(C(=O)OC(C)(C)C)CC2)C1. The Morgan fingerprint density at radius 2 is 1.66 bits per heavy atom. The Labute approximate surface area is 206 Å². The molecule has 4 amide bonds. The molecule has 2 saturated heterocycles. The Bertz CT molecular complexity index is 771. The second-order valence-electron chi connectivity index (χ2n) is 10.5. The van der Waals surface area contributed by atoms with E-state index in [2.05, 4.69) is 10.6 Å². The zero-order valence-corrected chi connectivity index (χ0v) is 21.3. The summed E-state index contributed by atoms with van der Waals surface area (Å²) >= 11 is 0. The molecular weight excluding hydrogens is 456 g/mol. The number of carboxylic acid groups (broad SMARTS) is 1. The Kier molecular flexibility index (Phi) is 10.3. The molecule has 0 aliphatic carbocycles. The zero-order chi connectivity index (χ0) is 26.2. The largest absolute Gasteiger partial charge is 0.481 e. The average Bonchev–Trinajstić information content (AvgIpc) is 2.75. The van der Waals surface area contributed by atoms with Crippen molar-refractivity contribution < 1.29 is 33.8 Å². The summed E-state index contributed by atoms with van der Waals surface area (Å²) in [4.78, 5) is 63.5. The Hall–Kier alpha value is -2.85. The Morgan fingerprint density at radius 1 is 1.00 bits per heavy atom. The molecular formula is C24H40N4O7. The number of likely N-dealkylation sites (tertiary alicyclic amines) is 2. The van der Waals surface area contributed by atoms with Crippen LogP contribution in [0.2, 0.25) is 0 Å². The minimum absolute atomic E-state index is 0.000943. The van der Waals surface area contributed by atoms with Crippen LogP contribution in [-0.2, 0) is 23.9 Å². The summed E-state index contributed by atoms with van der Waals surface area (Å²) in [7, 11) is 0. The van der Waals surface area contributed by atoms with Crippen molar-refractivity contribution in [1.29, 1.82) is 0 Å². The standard InChI is InChI=1S/C24H40N4O7/c1-16(29)25-19(14-21(31)32)26-22(33)18-6-5-11-28(15-18)20(30)8-7-17-9-12-27(13-10-17)23(34)35-24(2,3)4/h17-19H,5-15H2,1-4H3,(H,25,29)(H,26,33)(H,31,32)/t18-,19-/m0/s1. The maximum atomic E-state index is 12.8. The minimum Gasteiger partial charge on any atom is -0.481 e. The molecule has 0 aromatic carbocycles. The number of nitrogens with zero attached hydrogens (tertiary/aromatic N) is 2. The van der Waals surface area contributed by atoms with Gasteiger partial charge < -0.3 is 30.3 Å². The van der Waals surface area contributed by atoms with Crippen LogP contribution in [-0.4, -0.2) is 82.6 Å². The van der Waals surface area contributed by atoms with Crippen LogP contribution in [0, 0.1) is 11.8 Å². The van der Waals surface area contributed by atoms with Gasteiger partial charge in [0, 0.05) is 39.5 Å². The predicted octanol–water partition coefficient (Wildman–Crippen LogP) is 1.71. The molecule has 11 heteroatoms. The van der Waals surface area contributed by atoms with Crippen molar-refractivity contribution in [2.24, 2.45) is 11.8 Å². The minimum atomic E-state index is -1.14. The fourth-order valence-electron chi connectivity index (χ4n) is 4.48. The summed E-state index contributed by atoms with van der Waals surface area (Å²) in [5.41, 5.74) is -0.523. The van der Waals surface area contributed by atoms with Crippen LogP contribution in [0.3, 0.4) is 0 Å². The number of piperidine rings is 2.